The smallest absolute Gasteiger partial charge is 0.133 e. The lowest BCUT2D eigenvalue weighted by atomic mass is 9.97. The molecular weight excluding hydrogens is 348 g/mol. The van der Waals surface area contributed by atoms with Gasteiger partial charge in [0.05, 0.1) is 0 Å². The highest BCUT2D eigenvalue weighted by molar-refractivity contribution is 5.85. The minimum Gasteiger partial charge on any atom is -0.457 e. The van der Waals surface area contributed by atoms with Crippen molar-refractivity contribution in [2.75, 3.05) is 30.7 Å². The van der Waals surface area contributed by atoms with Crippen LogP contribution in [0.2, 0.25) is 0 Å². The third-order valence-corrected chi connectivity index (χ3v) is 5.14. The number of hydrogen-bond acceptors (Lipinski definition) is 5. The maximum absolute atomic E-state index is 6.23. The number of nitrogens with two attached hydrogens (primary N) is 1. The van der Waals surface area contributed by atoms with E-state index in [0.717, 1.165) is 47.9 Å². The number of hydrogen-bond donors (Lipinski definition) is 3. The first-order valence-corrected chi connectivity index (χ1v) is 9.82. The second-order valence-corrected chi connectivity index (χ2v) is 7.13. The van der Waals surface area contributed by atoms with Gasteiger partial charge in [0.2, 0.25) is 0 Å². The molecule has 4 N–H and O–H groups in total. The van der Waals surface area contributed by atoms with Gasteiger partial charge in [-0.15, -0.1) is 0 Å². The van der Waals surface area contributed by atoms with Crippen LogP contribution < -0.4 is 21.1 Å². The molecule has 0 amide bonds. The van der Waals surface area contributed by atoms with E-state index in [0.29, 0.717) is 11.7 Å². The minimum atomic E-state index is 0.534. The van der Waals surface area contributed by atoms with Gasteiger partial charge in [-0.2, -0.15) is 0 Å². The third-order valence-electron chi connectivity index (χ3n) is 5.14. The zero-order chi connectivity index (χ0) is 19.2. The number of aromatic nitrogens is 1. The van der Waals surface area contributed by atoms with E-state index in [1.165, 1.54) is 12.8 Å². The first-order chi connectivity index (χ1) is 13.8. The summed E-state index contributed by atoms with van der Waals surface area (Å²) >= 11 is 0. The van der Waals surface area contributed by atoms with E-state index in [1.807, 2.05) is 60.7 Å². The molecule has 3 aromatic rings. The standard InChI is InChI=1S/C23H26N4O/c24-23-22(21(12-15-26-23)27-16-17-10-13-25-14-11-17)18-6-8-20(9-7-18)28-19-4-2-1-3-5-19/h1-9,12,15,17,25H,10-11,13-14,16H2,(H3,24,26,27). The molecule has 0 unspecified atom stereocenters. The lowest BCUT2D eigenvalue weighted by Gasteiger charge is -2.24. The Kier molecular flexibility index (Phi) is 5.73. The van der Waals surface area contributed by atoms with E-state index < -0.39 is 0 Å². The van der Waals surface area contributed by atoms with E-state index in [4.69, 9.17) is 10.5 Å². The Hall–Kier alpha value is -3.05. The first kappa shape index (κ1) is 18.3. The molecule has 1 saturated heterocycles. The molecular formula is C23H26N4O. The average molecular weight is 374 g/mol. The van der Waals surface area contributed by atoms with Gasteiger partial charge in [0.25, 0.3) is 0 Å². The second kappa shape index (κ2) is 8.76. The predicted molar refractivity (Wildman–Crippen MR) is 115 cm³/mol. The van der Waals surface area contributed by atoms with Crippen LogP contribution in [0.4, 0.5) is 11.5 Å². The van der Waals surface area contributed by atoms with Crippen molar-refractivity contribution < 1.29 is 4.74 Å². The molecule has 1 aromatic heterocycles. The molecule has 0 aliphatic carbocycles. The lowest BCUT2D eigenvalue weighted by molar-refractivity contribution is 0.390. The van der Waals surface area contributed by atoms with Crippen molar-refractivity contribution in [2.45, 2.75) is 12.8 Å². The molecule has 2 heterocycles. The summed E-state index contributed by atoms with van der Waals surface area (Å²) in [6.07, 6.45) is 4.17. The van der Waals surface area contributed by atoms with E-state index in [9.17, 15) is 0 Å². The molecule has 4 rings (SSSR count). The average Bonchev–Trinajstić information content (AvgIpc) is 2.75. The van der Waals surface area contributed by atoms with E-state index >= 15 is 0 Å². The van der Waals surface area contributed by atoms with Crippen LogP contribution in [0.3, 0.4) is 0 Å². The topological polar surface area (TPSA) is 72.2 Å². The molecule has 1 aliphatic rings. The van der Waals surface area contributed by atoms with Crippen molar-refractivity contribution in [3.05, 3.63) is 66.9 Å². The molecule has 0 radical (unpaired) electrons. The van der Waals surface area contributed by atoms with Crippen molar-refractivity contribution in [2.24, 2.45) is 5.92 Å². The Morgan fingerprint density at radius 1 is 0.964 bits per heavy atom. The van der Waals surface area contributed by atoms with Crippen LogP contribution in [0, 0.1) is 5.92 Å². The zero-order valence-corrected chi connectivity index (χ0v) is 15.9. The van der Waals surface area contributed by atoms with Gasteiger partial charge in [0.15, 0.2) is 0 Å². The molecule has 1 fully saturated rings. The fourth-order valence-electron chi connectivity index (χ4n) is 3.58. The normalized spacial score (nSPS) is 14.6. The molecule has 0 atom stereocenters. The number of nitrogens with one attached hydrogen (secondary N) is 2. The highest BCUT2D eigenvalue weighted by Gasteiger charge is 2.15. The summed E-state index contributed by atoms with van der Waals surface area (Å²) < 4.78 is 5.89. The SMILES string of the molecule is Nc1nccc(NCC2CCNCC2)c1-c1ccc(Oc2ccccc2)cc1. The maximum atomic E-state index is 6.23. The summed E-state index contributed by atoms with van der Waals surface area (Å²) in [6.45, 7) is 3.15. The maximum Gasteiger partial charge on any atom is 0.133 e. The number of benzene rings is 2. The summed E-state index contributed by atoms with van der Waals surface area (Å²) in [5, 5.41) is 7.01. The fraction of sp³-hybridized carbons (Fsp3) is 0.261. The number of nitrogen functional groups attached to an aromatic ring is 1. The number of pyridine rings is 1. The monoisotopic (exact) mass is 374 g/mol. The van der Waals surface area contributed by atoms with Crippen LogP contribution in [0.25, 0.3) is 11.1 Å². The van der Waals surface area contributed by atoms with Crippen molar-refractivity contribution in [3.8, 4) is 22.6 Å². The van der Waals surface area contributed by atoms with E-state index in [-0.39, 0.29) is 0 Å². The largest absolute Gasteiger partial charge is 0.457 e. The van der Waals surface area contributed by atoms with Gasteiger partial charge in [-0.3, -0.25) is 0 Å². The Labute approximate surface area is 166 Å². The number of piperidine rings is 1. The lowest BCUT2D eigenvalue weighted by Crippen LogP contribution is -2.31. The molecule has 0 bridgehead atoms. The minimum absolute atomic E-state index is 0.534. The van der Waals surface area contributed by atoms with Crippen LogP contribution in [0.5, 0.6) is 11.5 Å². The Balaban J connectivity index is 1.51. The van der Waals surface area contributed by atoms with Gasteiger partial charge < -0.3 is 21.1 Å². The van der Waals surface area contributed by atoms with Gasteiger partial charge in [0, 0.05) is 24.0 Å². The number of rotatable bonds is 6. The summed E-state index contributed by atoms with van der Waals surface area (Å²) in [7, 11) is 0. The molecule has 5 heteroatoms. The van der Waals surface area contributed by atoms with Gasteiger partial charge >= 0.3 is 0 Å². The van der Waals surface area contributed by atoms with Crippen molar-refractivity contribution in [1.82, 2.24) is 10.3 Å². The van der Waals surface area contributed by atoms with Crippen LogP contribution in [0.15, 0.2) is 66.9 Å². The quantitative estimate of drug-likeness (QED) is 0.591. The molecule has 0 spiro atoms. The molecule has 2 aromatic carbocycles. The molecule has 144 valence electrons. The number of nitrogens with zero attached hydrogens (tertiary/aromatic N) is 1. The Bertz CT molecular complexity index is 890. The van der Waals surface area contributed by atoms with Gasteiger partial charge in [-0.1, -0.05) is 30.3 Å². The van der Waals surface area contributed by atoms with Crippen molar-refractivity contribution in [1.29, 1.82) is 0 Å². The predicted octanol–water partition coefficient (Wildman–Crippen LogP) is 4.53. The number of anilines is 2. The van der Waals surface area contributed by atoms with Crippen LogP contribution in [-0.4, -0.2) is 24.6 Å². The van der Waals surface area contributed by atoms with E-state index in [1.54, 1.807) is 6.20 Å². The first-order valence-electron chi connectivity index (χ1n) is 9.82. The van der Waals surface area contributed by atoms with Crippen LogP contribution in [0.1, 0.15) is 12.8 Å². The highest BCUT2D eigenvalue weighted by atomic mass is 16.5. The highest BCUT2D eigenvalue weighted by Crippen LogP contribution is 2.34. The van der Waals surface area contributed by atoms with Crippen molar-refractivity contribution >= 4 is 11.5 Å². The van der Waals surface area contributed by atoms with Crippen LogP contribution in [-0.2, 0) is 0 Å². The molecule has 0 saturated carbocycles. The molecule has 5 nitrogen and oxygen atoms in total. The zero-order valence-electron chi connectivity index (χ0n) is 15.9. The molecule has 28 heavy (non-hydrogen) atoms. The Morgan fingerprint density at radius 3 is 2.43 bits per heavy atom. The van der Waals surface area contributed by atoms with Crippen LogP contribution >= 0.6 is 0 Å². The van der Waals surface area contributed by atoms with Gasteiger partial charge in [0.1, 0.15) is 17.3 Å². The fourth-order valence-corrected chi connectivity index (χ4v) is 3.58. The molecule has 1 aliphatic heterocycles. The summed E-state index contributed by atoms with van der Waals surface area (Å²) in [5.41, 5.74) is 9.24. The second-order valence-electron chi connectivity index (χ2n) is 7.13. The van der Waals surface area contributed by atoms with Crippen molar-refractivity contribution in [3.63, 3.8) is 0 Å². The summed E-state index contributed by atoms with van der Waals surface area (Å²) in [4.78, 5) is 4.30. The summed E-state index contributed by atoms with van der Waals surface area (Å²) in [5.74, 6) is 2.83. The Morgan fingerprint density at radius 2 is 1.68 bits per heavy atom. The van der Waals surface area contributed by atoms with Gasteiger partial charge in [-0.25, -0.2) is 4.98 Å². The third kappa shape index (κ3) is 4.43. The summed E-state index contributed by atoms with van der Waals surface area (Å²) in [6, 6.07) is 19.8. The van der Waals surface area contributed by atoms with E-state index in [2.05, 4.69) is 15.6 Å². The van der Waals surface area contributed by atoms with Gasteiger partial charge in [-0.05, 0) is 67.7 Å². The number of para-hydroxylation sites is 1. The number of ether oxygens (including phenoxy) is 1.